The number of aliphatic hydroxyl groups is 1. The van der Waals surface area contributed by atoms with Gasteiger partial charge in [0, 0.05) is 25.7 Å². The molecule has 0 bridgehead atoms. The SMILES string of the molecule is CC(O)CCN(C)c1ccc([N+](=O)[O-])cc1C(=O)O. The number of hydrogen-bond donors (Lipinski definition) is 2. The number of non-ortho nitro benzene ring substituents is 1. The predicted octanol–water partition coefficient (Wildman–Crippen LogP) is 1.50. The van der Waals surface area contributed by atoms with E-state index in [0.29, 0.717) is 18.7 Å². The molecule has 1 rings (SSSR count). The van der Waals surface area contributed by atoms with E-state index in [-0.39, 0.29) is 11.3 Å². The molecular formula is C12H16N2O5. The first-order valence-electron chi connectivity index (χ1n) is 5.74. The number of aliphatic hydroxyl groups excluding tert-OH is 1. The van der Waals surface area contributed by atoms with Crippen LogP contribution in [0.3, 0.4) is 0 Å². The van der Waals surface area contributed by atoms with Crippen molar-refractivity contribution in [2.75, 3.05) is 18.5 Å². The maximum absolute atomic E-state index is 11.1. The number of carbonyl (C=O) groups is 1. The van der Waals surface area contributed by atoms with Crippen LogP contribution in [0.4, 0.5) is 11.4 Å². The maximum atomic E-state index is 11.1. The van der Waals surface area contributed by atoms with Crippen LogP contribution < -0.4 is 4.90 Å². The smallest absolute Gasteiger partial charge is 0.338 e. The van der Waals surface area contributed by atoms with Gasteiger partial charge in [0.05, 0.1) is 22.3 Å². The molecule has 19 heavy (non-hydrogen) atoms. The second kappa shape index (κ2) is 6.14. The van der Waals surface area contributed by atoms with Crippen LogP contribution in [0.25, 0.3) is 0 Å². The summed E-state index contributed by atoms with van der Waals surface area (Å²) in [6, 6.07) is 3.71. The van der Waals surface area contributed by atoms with E-state index < -0.39 is 17.0 Å². The van der Waals surface area contributed by atoms with Crippen LogP contribution in [0, 0.1) is 10.1 Å². The molecule has 0 radical (unpaired) electrons. The molecule has 1 atom stereocenters. The van der Waals surface area contributed by atoms with Gasteiger partial charge >= 0.3 is 5.97 Å². The molecule has 0 saturated heterocycles. The molecule has 0 saturated carbocycles. The van der Waals surface area contributed by atoms with Gasteiger partial charge in [0.2, 0.25) is 0 Å². The molecule has 1 aromatic rings. The number of nitrogens with zero attached hydrogens (tertiary/aromatic N) is 2. The van der Waals surface area contributed by atoms with E-state index in [1.165, 1.54) is 12.1 Å². The third-order valence-electron chi connectivity index (χ3n) is 2.71. The molecule has 104 valence electrons. The summed E-state index contributed by atoms with van der Waals surface area (Å²) in [5.74, 6) is -1.22. The molecule has 0 aromatic heterocycles. The molecule has 0 fully saturated rings. The van der Waals surface area contributed by atoms with E-state index in [4.69, 9.17) is 5.11 Å². The van der Waals surface area contributed by atoms with Crippen molar-refractivity contribution in [3.05, 3.63) is 33.9 Å². The highest BCUT2D eigenvalue weighted by Crippen LogP contribution is 2.25. The molecule has 0 aliphatic carbocycles. The quantitative estimate of drug-likeness (QED) is 0.598. The minimum atomic E-state index is -1.22. The lowest BCUT2D eigenvalue weighted by Gasteiger charge is -2.21. The molecule has 7 heteroatoms. The molecule has 7 nitrogen and oxygen atoms in total. The highest BCUT2D eigenvalue weighted by atomic mass is 16.6. The predicted molar refractivity (Wildman–Crippen MR) is 69.6 cm³/mol. The van der Waals surface area contributed by atoms with Crippen LogP contribution in [0.1, 0.15) is 23.7 Å². The van der Waals surface area contributed by atoms with Crippen molar-refractivity contribution < 1.29 is 19.9 Å². The van der Waals surface area contributed by atoms with Crippen LogP contribution in [0.2, 0.25) is 0 Å². The van der Waals surface area contributed by atoms with Crippen LogP contribution >= 0.6 is 0 Å². The van der Waals surface area contributed by atoms with Gasteiger partial charge < -0.3 is 15.1 Å². The average Bonchev–Trinajstić information content (AvgIpc) is 2.34. The Kier molecular flexibility index (Phi) is 4.82. The van der Waals surface area contributed by atoms with Crippen LogP contribution in [-0.2, 0) is 0 Å². The van der Waals surface area contributed by atoms with E-state index in [1.54, 1.807) is 18.9 Å². The molecule has 2 N–H and O–H groups in total. The summed E-state index contributed by atoms with van der Waals surface area (Å²) in [5, 5.41) is 28.9. The first-order valence-corrected chi connectivity index (χ1v) is 5.74. The van der Waals surface area contributed by atoms with Crippen LogP contribution in [-0.4, -0.2) is 40.8 Å². The van der Waals surface area contributed by atoms with E-state index in [9.17, 15) is 20.0 Å². The highest BCUT2D eigenvalue weighted by Gasteiger charge is 2.18. The summed E-state index contributed by atoms with van der Waals surface area (Å²) in [4.78, 5) is 22.8. The van der Waals surface area contributed by atoms with E-state index in [1.807, 2.05) is 0 Å². The van der Waals surface area contributed by atoms with Crippen LogP contribution in [0.15, 0.2) is 18.2 Å². The van der Waals surface area contributed by atoms with Crippen molar-refractivity contribution in [1.82, 2.24) is 0 Å². The van der Waals surface area contributed by atoms with Gasteiger partial charge in [-0.3, -0.25) is 10.1 Å². The number of rotatable bonds is 6. The summed E-state index contributed by atoms with van der Waals surface area (Å²) < 4.78 is 0. The second-order valence-corrected chi connectivity index (χ2v) is 4.32. The standard InChI is InChI=1S/C12H16N2O5/c1-8(15)5-6-13(2)11-4-3-9(14(18)19)7-10(11)12(16)17/h3-4,7-8,15H,5-6H2,1-2H3,(H,16,17). The van der Waals surface area contributed by atoms with Crippen molar-refractivity contribution in [2.24, 2.45) is 0 Å². The third kappa shape index (κ3) is 3.92. The van der Waals surface area contributed by atoms with Crippen molar-refractivity contribution in [3.63, 3.8) is 0 Å². The van der Waals surface area contributed by atoms with Crippen molar-refractivity contribution >= 4 is 17.3 Å². The monoisotopic (exact) mass is 268 g/mol. The van der Waals surface area contributed by atoms with Gasteiger partial charge in [-0.25, -0.2) is 4.79 Å². The van der Waals surface area contributed by atoms with Crippen molar-refractivity contribution in [3.8, 4) is 0 Å². The third-order valence-corrected chi connectivity index (χ3v) is 2.71. The average molecular weight is 268 g/mol. The molecule has 0 aliphatic heterocycles. The molecule has 1 unspecified atom stereocenters. The molecule has 1 aromatic carbocycles. The van der Waals surface area contributed by atoms with Gasteiger partial charge in [0.15, 0.2) is 0 Å². The minimum Gasteiger partial charge on any atom is -0.478 e. The Hall–Kier alpha value is -2.15. The van der Waals surface area contributed by atoms with Crippen LogP contribution in [0.5, 0.6) is 0 Å². The lowest BCUT2D eigenvalue weighted by molar-refractivity contribution is -0.384. The number of anilines is 1. The zero-order valence-electron chi connectivity index (χ0n) is 10.7. The maximum Gasteiger partial charge on any atom is 0.338 e. The first kappa shape index (κ1) is 14.9. The van der Waals surface area contributed by atoms with E-state index >= 15 is 0 Å². The van der Waals surface area contributed by atoms with Gasteiger partial charge in [-0.1, -0.05) is 0 Å². The lowest BCUT2D eigenvalue weighted by Crippen LogP contribution is -2.23. The Balaban J connectivity index is 3.06. The molecule has 0 heterocycles. The Morgan fingerprint density at radius 2 is 2.16 bits per heavy atom. The summed E-state index contributed by atoms with van der Waals surface area (Å²) in [7, 11) is 1.68. The molecule has 0 spiro atoms. The second-order valence-electron chi connectivity index (χ2n) is 4.32. The van der Waals surface area contributed by atoms with Crippen molar-refractivity contribution in [1.29, 1.82) is 0 Å². The summed E-state index contributed by atoms with van der Waals surface area (Å²) >= 11 is 0. The van der Waals surface area contributed by atoms with Gasteiger partial charge in [0.1, 0.15) is 0 Å². The number of hydrogen-bond acceptors (Lipinski definition) is 5. The number of benzene rings is 1. The largest absolute Gasteiger partial charge is 0.478 e. The fourth-order valence-corrected chi connectivity index (χ4v) is 1.64. The topological polar surface area (TPSA) is 104 Å². The molecule has 0 amide bonds. The number of nitro benzene ring substituents is 1. The van der Waals surface area contributed by atoms with Gasteiger partial charge in [-0.2, -0.15) is 0 Å². The summed E-state index contributed by atoms with van der Waals surface area (Å²) in [5.41, 5.74) is 0.00567. The zero-order chi connectivity index (χ0) is 14.6. The number of aromatic carboxylic acids is 1. The Morgan fingerprint density at radius 1 is 1.53 bits per heavy atom. The fraction of sp³-hybridized carbons (Fsp3) is 0.417. The van der Waals surface area contributed by atoms with Gasteiger partial charge in [0.25, 0.3) is 5.69 Å². The normalized spacial score (nSPS) is 11.9. The Morgan fingerprint density at radius 3 is 2.63 bits per heavy atom. The van der Waals surface area contributed by atoms with Gasteiger partial charge in [-0.15, -0.1) is 0 Å². The van der Waals surface area contributed by atoms with Gasteiger partial charge in [-0.05, 0) is 19.4 Å². The summed E-state index contributed by atoms with van der Waals surface area (Å²) in [6.45, 7) is 2.09. The first-order chi connectivity index (χ1) is 8.82. The molecular weight excluding hydrogens is 252 g/mol. The fourth-order valence-electron chi connectivity index (χ4n) is 1.64. The minimum absolute atomic E-state index is 0.123. The highest BCUT2D eigenvalue weighted by molar-refractivity contribution is 5.95. The van der Waals surface area contributed by atoms with E-state index in [0.717, 1.165) is 6.07 Å². The van der Waals surface area contributed by atoms with Crippen molar-refractivity contribution in [2.45, 2.75) is 19.4 Å². The Bertz CT molecular complexity index is 487. The summed E-state index contributed by atoms with van der Waals surface area (Å²) in [6.07, 6.45) is -0.0132. The number of carboxylic acid groups (broad SMARTS) is 1. The number of nitro groups is 1. The molecule has 0 aliphatic rings. The number of carboxylic acids is 1. The Labute approximate surface area is 110 Å². The lowest BCUT2D eigenvalue weighted by atomic mass is 10.1. The van der Waals surface area contributed by atoms with E-state index in [2.05, 4.69) is 0 Å². The zero-order valence-corrected chi connectivity index (χ0v) is 10.7.